The lowest BCUT2D eigenvalue weighted by Gasteiger charge is -2.20. The third-order valence-corrected chi connectivity index (χ3v) is 3.46. The molecule has 0 saturated carbocycles. The van der Waals surface area contributed by atoms with Crippen molar-refractivity contribution in [3.05, 3.63) is 29.0 Å². The second-order valence-corrected chi connectivity index (χ2v) is 4.69. The number of aryl methyl sites for hydroxylation is 1. The summed E-state index contributed by atoms with van der Waals surface area (Å²) >= 11 is 0. The molecule has 19 heavy (non-hydrogen) atoms. The summed E-state index contributed by atoms with van der Waals surface area (Å²) < 4.78 is 11.2. The van der Waals surface area contributed by atoms with Crippen molar-refractivity contribution in [2.24, 2.45) is 5.73 Å². The summed E-state index contributed by atoms with van der Waals surface area (Å²) in [5.74, 6) is 1.59. The highest BCUT2D eigenvalue weighted by atomic mass is 16.6. The molecular formula is C14H17N3O2. The number of ether oxygens (including phenoxy) is 2. The zero-order valence-electron chi connectivity index (χ0n) is 11.1. The number of nitrogens with zero attached hydrogens (tertiary/aromatic N) is 1. The maximum absolute atomic E-state index is 5.68. The van der Waals surface area contributed by atoms with Crippen LogP contribution in [-0.2, 0) is 6.54 Å². The fourth-order valence-corrected chi connectivity index (χ4v) is 2.34. The summed E-state index contributed by atoms with van der Waals surface area (Å²) in [6.45, 7) is 5.72. The maximum Gasteiger partial charge on any atom is 0.162 e. The molecule has 2 heterocycles. The molecule has 0 bridgehead atoms. The first-order chi connectivity index (χ1) is 9.20. The molecule has 3 rings (SSSR count). The minimum atomic E-state index is 0.461. The standard InChI is InChI=1S/C14H17N3O2/c1-8-5-12-13(19-4-3-18-12)6-10(8)14-9(2)11(7-15)16-17-14/h5-6H,3-4,7,15H2,1-2H3,(H,16,17). The minimum Gasteiger partial charge on any atom is -0.486 e. The molecule has 0 unspecified atom stereocenters. The van der Waals surface area contributed by atoms with E-state index in [1.54, 1.807) is 0 Å². The normalized spacial score (nSPS) is 13.6. The van der Waals surface area contributed by atoms with Gasteiger partial charge >= 0.3 is 0 Å². The number of hydrogen-bond acceptors (Lipinski definition) is 4. The predicted octanol–water partition coefficient (Wildman–Crippen LogP) is 1.92. The first kappa shape index (κ1) is 12.0. The molecule has 0 amide bonds. The Morgan fingerprint density at radius 3 is 2.53 bits per heavy atom. The SMILES string of the molecule is Cc1cc2c(cc1-c1n[nH]c(CN)c1C)OCCO2. The van der Waals surface area contributed by atoms with E-state index in [9.17, 15) is 0 Å². The van der Waals surface area contributed by atoms with Crippen molar-refractivity contribution in [2.45, 2.75) is 20.4 Å². The summed E-state index contributed by atoms with van der Waals surface area (Å²) in [6.07, 6.45) is 0. The van der Waals surface area contributed by atoms with Gasteiger partial charge in [-0.1, -0.05) is 0 Å². The molecule has 5 nitrogen and oxygen atoms in total. The van der Waals surface area contributed by atoms with Crippen molar-refractivity contribution in [3.8, 4) is 22.8 Å². The number of aromatic nitrogens is 2. The summed E-state index contributed by atoms with van der Waals surface area (Å²) in [6, 6.07) is 3.99. The van der Waals surface area contributed by atoms with Gasteiger partial charge in [-0.25, -0.2) is 0 Å². The van der Waals surface area contributed by atoms with Crippen molar-refractivity contribution < 1.29 is 9.47 Å². The maximum atomic E-state index is 5.68. The van der Waals surface area contributed by atoms with Crippen LogP contribution in [0.4, 0.5) is 0 Å². The third-order valence-electron chi connectivity index (χ3n) is 3.46. The van der Waals surface area contributed by atoms with Gasteiger partial charge in [-0.15, -0.1) is 0 Å². The number of rotatable bonds is 2. The molecule has 2 aromatic rings. The van der Waals surface area contributed by atoms with Gasteiger partial charge in [-0.2, -0.15) is 5.10 Å². The van der Waals surface area contributed by atoms with Crippen LogP contribution in [0.5, 0.6) is 11.5 Å². The number of nitrogens with two attached hydrogens (primary N) is 1. The van der Waals surface area contributed by atoms with Crippen molar-refractivity contribution in [1.29, 1.82) is 0 Å². The van der Waals surface area contributed by atoms with E-state index in [0.29, 0.717) is 19.8 Å². The highest BCUT2D eigenvalue weighted by Crippen LogP contribution is 2.37. The van der Waals surface area contributed by atoms with E-state index in [1.807, 2.05) is 26.0 Å². The zero-order chi connectivity index (χ0) is 13.4. The number of hydrogen-bond donors (Lipinski definition) is 2. The highest BCUT2D eigenvalue weighted by Gasteiger charge is 2.18. The Hall–Kier alpha value is -2.01. The van der Waals surface area contributed by atoms with Gasteiger partial charge in [0, 0.05) is 12.1 Å². The van der Waals surface area contributed by atoms with Gasteiger partial charge < -0.3 is 15.2 Å². The summed E-state index contributed by atoms with van der Waals surface area (Å²) in [4.78, 5) is 0. The van der Waals surface area contributed by atoms with Gasteiger partial charge in [0.1, 0.15) is 13.2 Å². The summed E-state index contributed by atoms with van der Waals surface area (Å²) in [5, 5.41) is 7.35. The third kappa shape index (κ3) is 1.96. The molecule has 0 spiro atoms. The molecule has 100 valence electrons. The van der Waals surface area contributed by atoms with E-state index in [0.717, 1.165) is 39.6 Å². The fourth-order valence-electron chi connectivity index (χ4n) is 2.34. The van der Waals surface area contributed by atoms with E-state index in [-0.39, 0.29) is 0 Å². The number of aromatic amines is 1. The minimum absolute atomic E-state index is 0.461. The molecule has 0 saturated heterocycles. The van der Waals surface area contributed by atoms with E-state index in [1.165, 1.54) is 0 Å². The van der Waals surface area contributed by atoms with Crippen molar-refractivity contribution in [2.75, 3.05) is 13.2 Å². The van der Waals surface area contributed by atoms with Crippen LogP contribution < -0.4 is 15.2 Å². The van der Waals surface area contributed by atoms with Crippen molar-refractivity contribution in [3.63, 3.8) is 0 Å². The van der Waals surface area contributed by atoms with Gasteiger partial charge in [0.2, 0.25) is 0 Å². The van der Waals surface area contributed by atoms with Crippen molar-refractivity contribution >= 4 is 0 Å². The average Bonchev–Trinajstić information content (AvgIpc) is 2.79. The number of H-pyrrole nitrogens is 1. The van der Waals surface area contributed by atoms with E-state index < -0.39 is 0 Å². The lowest BCUT2D eigenvalue weighted by molar-refractivity contribution is 0.171. The van der Waals surface area contributed by atoms with Crippen molar-refractivity contribution in [1.82, 2.24) is 10.2 Å². The smallest absolute Gasteiger partial charge is 0.162 e. The second kappa shape index (κ2) is 4.59. The monoisotopic (exact) mass is 259 g/mol. The van der Waals surface area contributed by atoms with Crippen LogP contribution in [0.2, 0.25) is 0 Å². The molecule has 0 radical (unpaired) electrons. The molecule has 1 aromatic carbocycles. The van der Waals surface area contributed by atoms with Crippen LogP contribution in [0.1, 0.15) is 16.8 Å². The molecule has 3 N–H and O–H groups in total. The van der Waals surface area contributed by atoms with Crippen LogP contribution in [-0.4, -0.2) is 23.4 Å². The lowest BCUT2D eigenvalue weighted by Crippen LogP contribution is -2.15. The first-order valence-corrected chi connectivity index (χ1v) is 6.35. The predicted molar refractivity (Wildman–Crippen MR) is 72.4 cm³/mol. The van der Waals surface area contributed by atoms with Crippen LogP contribution in [0.15, 0.2) is 12.1 Å². The summed E-state index contributed by atoms with van der Waals surface area (Å²) in [5.41, 5.74) is 10.8. The van der Waals surface area contributed by atoms with Crippen LogP contribution in [0, 0.1) is 13.8 Å². The fraction of sp³-hybridized carbons (Fsp3) is 0.357. The van der Waals surface area contributed by atoms with Gasteiger partial charge in [0.15, 0.2) is 11.5 Å². The van der Waals surface area contributed by atoms with Gasteiger partial charge in [-0.3, -0.25) is 5.10 Å². The molecule has 5 heteroatoms. The van der Waals surface area contributed by atoms with Gasteiger partial charge in [0.25, 0.3) is 0 Å². The number of fused-ring (bicyclic) bond motifs is 1. The number of nitrogens with one attached hydrogen (secondary N) is 1. The molecular weight excluding hydrogens is 242 g/mol. The molecule has 0 aliphatic carbocycles. The quantitative estimate of drug-likeness (QED) is 0.864. The van der Waals surface area contributed by atoms with Gasteiger partial charge in [-0.05, 0) is 37.1 Å². The second-order valence-electron chi connectivity index (χ2n) is 4.69. The first-order valence-electron chi connectivity index (χ1n) is 6.35. The summed E-state index contributed by atoms with van der Waals surface area (Å²) in [7, 11) is 0. The molecule has 1 aromatic heterocycles. The Balaban J connectivity index is 2.11. The van der Waals surface area contributed by atoms with Crippen LogP contribution in [0.25, 0.3) is 11.3 Å². The molecule has 0 fully saturated rings. The Morgan fingerprint density at radius 2 is 1.89 bits per heavy atom. The Kier molecular flexibility index (Phi) is 2.91. The number of benzene rings is 1. The highest BCUT2D eigenvalue weighted by molar-refractivity contribution is 5.71. The molecule has 1 aliphatic rings. The van der Waals surface area contributed by atoms with Crippen LogP contribution >= 0.6 is 0 Å². The molecule has 1 aliphatic heterocycles. The van der Waals surface area contributed by atoms with E-state index in [4.69, 9.17) is 15.2 Å². The van der Waals surface area contributed by atoms with Gasteiger partial charge in [0.05, 0.1) is 11.4 Å². The van der Waals surface area contributed by atoms with E-state index >= 15 is 0 Å². The zero-order valence-corrected chi connectivity index (χ0v) is 11.1. The largest absolute Gasteiger partial charge is 0.486 e. The topological polar surface area (TPSA) is 73.2 Å². The Bertz CT molecular complexity index is 619. The Morgan fingerprint density at radius 1 is 1.21 bits per heavy atom. The lowest BCUT2D eigenvalue weighted by atomic mass is 10.0. The van der Waals surface area contributed by atoms with Crippen LogP contribution in [0.3, 0.4) is 0 Å². The average molecular weight is 259 g/mol. The molecule has 0 atom stereocenters. The van der Waals surface area contributed by atoms with E-state index in [2.05, 4.69) is 10.2 Å². The Labute approximate surface area is 111 Å².